The number of ether oxygens (including phenoxy) is 1. The van der Waals surface area contributed by atoms with E-state index in [0.717, 1.165) is 0 Å². The van der Waals surface area contributed by atoms with Crippen molar-refractivity contribution >= 4 is 23.4 Å². The standard InChI is InChI=1S/C11H11ClN2O3/c1-2-17-11(16)8-6-13-9-5-7(12)3-4-14(9)10(8)15/h3-6,10,15H,2H2,1H3. The van der Waals surface area contributed by atoms with E-state index in [9.17, 15) is 9.90 Å². The van der Waals surface area contributed by atoms with Crippen LogP contribution in [0.2, 0.25) is 0 Å². The van der Waals surface area contributed by atoms with Crippen molar-refractivity contribution in [2.75, 3.05) is 6.61 Å². The highest BCUT2D eigenvalue weighted by atomic mass is 35.5. The van der Waals surface area contributed by atoms with Crippen LogP contribution in [0.3, 0.4) is 0 Å². The molecule has 0 aromatic rings. The summed E-state index contributed by atoms with van der Waals surface area (Å²) in [5, 5.41) is 10.5. The Bertz CT molecular complexity index is 465. The molecule has 6 heteroatoms. The molecule has 1 N–H and O–H groups in total. The molecular weight excluding hydrogens is 244 g/mol. The van der Waals surface area contributed by atoms with Gasteiger partial charge in [-0.25, -0.2) is 9.79 Å². The molecule has 0 saturated carbocycles. The highest BCUT2D eigenvalue weighted by molar-refractivity contribution is 6.33. The summed E-state index contributed by atoms with van der Waals surface area (Å²) in [5.41, 5.74) is 0.103. The largest absolute Gasteiger partial charge is 0.462 e. The van der Waals surface area contributed by atoms with Crippen molar-refractivity contribution in [3.8, 4) is 0 Å². The highest BCUT2D eigenvalue weighted by Gasteiger charge is 2.30. The van der Waals surface area contributed by atoms with E-state index >= 15 is 0 Å². The van der Waals surface area contributed by atoms with Gasteiger partial charge in [-0.1, -0.05) is 11.6 Å². The van der Waals surface area contributed by atoms with E-state index < -0.39 is 12.2 Å². The summed E-state index contributed by atoms with van der Waals surface area (Å²) >= 11 is 5.81. The first-order valence-electron chi connectivity index (χ1n) is 5.10. The van der Waals surface area contributed by atoms with Crippen molar-refractivity contribution in [3.05, 3.63) is 35.2 Å². The van der Waals surface area contributed by atoms with Gasteiger partial charge >= 0.3 is 5.97 Å². The second-order valence-corrected chi connectivity index (χ2v) is 3.85. The molecule has 5 nitrogen and oxygen atoms in total. The van der Waals surface area contributed by atoms with Crippen LogP contribution in [0.1, 0.15) is 6.92 Å². The van der Waals surface area contributed by atoms with Crippen LogP contribution in [-0.4, -0.2) is 34.6 Å². The second-order valence-electron chi connectivity index (χ2n) is 3.42. The Morgan fingerprint density at radius 3 is 3.18 bits per heavy atom. The van der Waals surface area contributed by atoms with Crippen molar-refractivity contribution in [1.82, 2.24) is 4.90 Å². The normalized spacial score (nSPS) is 22.4. The molecular formula is C11H11ClN2O3. The number of allylic oxidation sites excluding steroid dienone is 2. The van der Waals surface area contributed by atoms with Crippen LogP contribution < -0.4 is 0 Å². The van der Waals surface area contributed by atoms with Crippen molar-refractivity contribution in [2.45, 2.75) is 13.2 Å². The number of carbonyl (C=O) groups excluding carboxylic acids is 1. The molecule has 0 fully saturated rings. The maximum absolute atomic E-state index is 11.5. The number of hydrogen-bond donors (Lipinski definition) is 1. The summed E-state index contributed by atoms with van der Waals surface area (Å²) in [4.78, 5) is 17.0. The van der Waals surface area contributed by atoms with E-state index in [4.69, 9.17) is 16.3 Å². The van der Waals surface area contributed by atoms with E-state index in [2.05, 4.69) is 4.99 Å². The molecule has 0 amide bonds. The van der Waals surface area contributed by atoms with E-state index in [1.54, 1.807) is 25.3 Å². The lowest BCUT2D eigenvalue weighted by molar-refractivity contribution is -0.140. The molecule has 90 valence electrons. The zero-order valence-electron chi connectivity index (χ0n) is 9.13. The molecule has 0 saturated heterocycles. The highest BCUT2D eigenvalue weighted by Crippen LogP contribution is 2.22. The second kappa shape index (κ2) is 4.73. The number of halogens is 1. The summed E-state index contributed by atoms with van der Waals surface area (Å²) in [7, 11) is 0. The van der Waals surface area contributed by atoms with Gasteiger partial charge in [-0.3, -0.25) is 0 Å². The summed E-state index contributed by atoms with van der Waals surface area (Å²) in [6.07, 6.45) is 4.98. The van der Waals surface area contributed by atoms with Gasteiger partial charge in [0.05, 0.1) is 6.61 Å². The van der Waals surface area contributed by atoms with E-state index in [1.807, 2.05) is 0 Å². The predicted octanol–water partition coefficient (Wildman–Crippen LogP) is 1.12. The number of hydrogen-bond acceptors (Lipinski definition) is 5. The third-order valence-corrected chi connectivity index (χ3v) is 2.55. The third kappa shape index (κ3) is 2.25. The SMILES string of the molecule is CCOC(=O)C1=CN=C2C=C(Cl)C=CN2C1O. The number of aliphatic imine (C=N–C) groups is 1. The fraction of sp³-hybridized carbons (Fsp3) is 0.273. The Labute approximate surface area is 103 Å². The lowest BCUT2D eigenvalue weighted by Gasteiger charge is -2.31. The van der Waals surface area contributed by atoms with E-state index in [0.29, 0.717) is 10.9 Å². The number of nitrogens with zero attached hydrogens (tertiary/aromatic N) is 2. The number of aliphatic hydroxyl groups is 1. The Morgan fingerprint density at radius 1 is 1.71 bits per heavy atom. The molecule has 0 bridgehead atoms. The zero-order valence-corrected chi connectivity index (χ0v) is 9.89. The predicted molar refractivity (Wildman–Crippen MR) is 63.1 cm³/mol. The number of amidine groups is 1. The first-order valence-corrected chi connectivity index (χ1v) is 5.48. The average Bonchev–Trinajstić information content (AvgIpc) is 2.29. The van der Waals surface area contributed by atoms with Crippen LogP contribution in [-0.2, 0) is 9.53 Å². The zero-order chi connectivity index (χ0) is 12.4. The number of carbonyl (C=O) groups is 1. The third-order valence-electron chi connectivity index (χ3n) is 2.31. The van der Waals surface area contributed by atoms with E-state index in [1.165, 1.54) is 11.1 Å². The van der Waals surface area contributed by atoms with Crippen molar-refractivity contribution in [3.63, 3.8) is 0 Å². The Balaban J connectivity index is 2.28. The average molecular weight is 255 g/mol. The summed E-state index contributed by atoms with van der Waals surface area (Å²) in [6, 6.07) is 0. The molecule has 2 aliphatic heterocycles. The van der Waals surface area contributed by atoms with Crippen molar-refractivity contribution in [1.29, 1.82) is 0 Å². The molecule has 0 radical (unpaired) electrons. The summed E-state index contributed by atoms with van der Waals surface area (Å²) in [5.74, 6) is -0.0881. The number of aliphatic hydroxyl groups excluding tert-OH is 1. The maximum atomic E-state index is 11.5. The number of rotatable bonds is 2. The molecule has 1 atom stereocenters. The van der Waals surface area contributed by atoms with Gasteiger partial charge < -0.3 is 14.7 Å². The molecule has 0 aromatic heterocycles. The van der Waals surface area contributed by atoms with Gasteiger partial charge in [-0.05, 0) is 19.1 Å². The molecule has 2 heterocycles. The van der Waals surface area contributed by atoms with Crippen LogP contribution in [0.25, 0.3) is 0 Å². The van der Waals surface area contributed by atoms with Gasteiger partial charge in [0.1, 0.15) is 11.4 Å². The minimum absolute atomic E-state index is 0.103. The van der Waals surface area contributed by atoms with Crippen LogP contribution >= 0.6 is 11.6 Å². The van der Waals surface area contributed by atoms with Gasteiger partial charge in [0.2, 0.25) is 0 Å². The van der Waals surface area contributed by atoms with Crippen LogP contribution in [0.5, 0.6) is 0 Å². The molecule has 1 unspecified atom stereocenters. The molecule has 0 spiro atoms. The van der Waals surface area contributed by atoms with Gasteiger partial charge in [0, 0.05) is 17.4 Å². The van der Waals surface area contributed by atoms with Gasteiger partial charge in [-0.2, -0.15) is 0 Å². The first kappa shape index (κ1) is 11.9. The van der Waals surface area contributed by atoms with Crippen LogP contribution in [0, 0.1) is 0 Å². The Hall–Kier alpha value is -1.59. The molecule has 17 heavy (non-hydrogen) atoms. The molecule has 0 aliphatic carbocycles. The van der Waals surface area contributed by atoms with Gasteiger partial charge in [-0.15, -0.1) is 0 Å². The minimum Gasteiger partial charge on any atom is -0.462 e. The van der Waals surface area contributed by atoms with Crippen molar-refractivity contribution in [2.24, 2.45) is 4.99 Å². The minimum atomic E-state index is -1.10. The maximum Gasteiger partial charge on any atom is 0.340 e. The summed E-state index contributed by atoms with van der Waals surface area (Å²) in [6.45, 7) is 1.95. The smallest absolute Gasteiger partial charge is 0.340 e. The van der Waals surface area contributed by atoms with E-state index in [-0.39, 0.29) is 12.2 Å². The lowest BCUT2D eigenvalue weighted by Crippen LogP contribution is -2.42. The summed E-state index contributed by atoms with van der Waals surface area (Å²) < 4.78 is 4.82. The fourth-order valence-electron chi connectivity index (χ4n) is 1.51. The number of fused-ring (bicyclic) bond motifs is 1. The topological polar surface area (TPSA) is 62.1 Å². The molecule has 0 aromatic carbocycles. The van der Waals surface area contributed by atoms with Crippen LogP contribution in [0.15, 0.2) is 40.1 Å². The van der Waals surface area contributed by atoms with Crippen LogP contribution in [0.4, 0.5) is 0 Å². The Morgan fingerprint density at radius 2 is 2.47 bits per heavy atom. The van der Waals surface area contributed by atoms with Gasteiger partial charge in [0.25, 0.3) is 0 Å². The molecule has 2 aliphatic rings. The first-order chi connectivity index (χ1) is 8.13. The Kier molecular flexibility index (Phi) is 3.31. The van der Waals surface area contributed by atoms with Crippen molar-refractivity contribution < 1.29 is 14.6 Å². The molecule has 2 rings (SSSR count). The fourth-order valence-corrected chi connectivity index (χ4v) is 1.66. The quantitative estimate of drug-likeness (QED) is 0.750. The van der Waals surface area contributed by atoms with Gasteiger partial charge in [0.15, 0.2) is 6.23 Å². The monoisotopic (exact) mass is 254 g/mol. The number of esters is 1. The lowest BCUT2D eigenvalue weighted by atomic mass is 10.1.